The maximum atomic E-state index is 12.2. The first-order chi connectivity index (χ1) is 10.4. The first-order valence-corrected chi connectivity index (χ1v) is 8.18. The summed E-state index contributed by atoms with van der Waals surface area (Å²) in [5.74, 6) is 0.688. The molecule has 0 radical (unpaired) electrons. The summed E-state index contributed by atoms with van der Waals surface area (Å²) < 4.78 is 29.5. The molecule has 0 atom stereocenters. The number of hydrazone groups is 1. The number of rotatable bonds is 5. The van der Waals surface area contributed by atoms with Crippen molar-refractivity contribution in [1.82, 2.24) is 4.83 Å². The second kappa shape index (κ2) is 6.62. The Hall–Kier alpha value is -2.34. The molecule has 2 aromatic rings. The van der Waals surface area contributed by atoms with Crippen LogP contribution in [0.5, 0.6) is 5.75 Å². The van der Waals surface area contributed by atoms with Gasteiger partial charge in [0.05, 0.1) is 17.7 Å². The minimum absolute atomic E-state index is 0.181. The third kappa shape index (κ3) is 3.85. The summed E-state index contributed by atoms with van der Waals surface area (Å²) in [5.41, 5.74) is 2.33. The minimum Gasteiger partial charge on any atom is -0.497 e. The first kappa shape index (κ1) is 16.0. The van der Waals surface area contributed by atoms with Gasteiger partial charge in [0.1, 0.15) is 5.75 Å². The van der Waals surface area contributed by atoms with Gasteiger partial charge in [-0.1, -0.05) is 29.8 Å². The van der Waals surface area contributed by atoms with Crippen LogP contribution in [0.15, 0.2) is 58.5 Å². The Kier molecular flexibility index (Phi) is 4.82. The van der Waals surface area contributed by atoms with Crippen molar-refractivity contribution in [3.8, 4) is 5.75 Å². The lowest BCUT2D eigenvalue weighted by Crippen LogP contribution is -2.20. The molecule has 0 aliphatic rings. The summed E-state index contributed by atoms with van der Waals surface area (Å²) in [4.78, 5) is 2.43. The number of benzene rings is 2. The number of nitrogens with one attached hydrogen (secondary N) is 1. The Morgan fingerprint density at radius 2 is 1.82 bits per heavy atom. The third-order valence-corrected chi connectivity index (χ3v) is 4.38. The van der Waals surface area contributed by atoms with Crippen molar-refractivity contribution in [1.29, 1.82) is 0 Å². The van der Waals surface area contributed by atoms with Gasteiger partial charge >= 0.3 is 0 Å². The number of methoxy groups -OCH3 is 1. The lowest BCUT2D eigenvalue weighted by atomic mass is 10.1. The SMILES string of the molecule is COc1cccc(/C(C)=N/NS(=O)(=O)c2ccc(C)cc2)c1. The molecule has 0 aliphatic heterocycles. The van der Waals surface area contributed by atoms with Gasteiger partial charge in [-0.2, -0.15) is 18.4 Å². The topological polar surface area (TPSA) is 67.8 Å². The van der Waals surface area contributed by atoms with Gasteiger partial charge in [0.15, 0.2) is 0 Å². The van der Waals surface area contributed by atoms with Crippen molar-refractivity contribution in [2.75, 3.05) is 7.11 Å². The van der Waals surface area contributed by atoms with Gasteiger partial charge < -0.3 is 4.74 Å². The molecule has 0 bridgehead atoms. The van der Waals surface area contributed by atoms with Crippen LogP contribution in [-0.4, -0.2) is 21.2 Å². The molecule has 116 valence electrons. The lowest BCUT2D eigenvalue weighted by Gasteiger charge is -2.07. The number of hydrogen-bond acceptors (Lipinski definition) is 4. The Balaban J connectivity index is 2.20. The van der Waals surface area contributed by atoms with E-state index in [1.807, 2.05) is 25.1 Å². The van der Waals surface area contributed by atoms with Crippen LogP contribution in [0.4, 0.5) is 0 Å². The van der Waals surface area contributed by atoms with Crippen LogP contribution in [0, 0.1) is 6.92 Å². The molecule has 5 nitrogen and oxygen atoms in total. The average Bonchev–Trinajstić information content (AvgIpc) is 2.53. The number of hydrogen-bond donors (Lipinski definition) is 1. The van der Waals surface area contributed by atoms with Gasteiger partial charge in [-0.3, -0.25) is 0 Å². The fourth-order valence-corrected chi connectivity index (χ4v) is 2.67. The van der Waals surface area contributed by atoms with E-state index in [-0.39, 0.29) is 4.90 Å². The molecule has 1 N–H and O–H groups in total. The predicted molar refractivity (Wildman–Crippen MR) is 86.7 cm³/mol. The summed E-state index contributed by atoms with van der Waals surface area (Å²) in [6, 6.07) is 13.8. The molecule has 0 aliphatic carbocycles. The molecule has 22 heavy (non-hydrogen) atoms. The summed E-state index contributed by atoms with van der Waals surface area (Å²) in [5, 5.41) is 3.96. The molecule has 6 heteroatoms. The molecule has 2 aromatic carbocycles. The standard InChI is InChI=1S/C16H18N2O3S/c1-12-7-9-16(10-8-12)22(19,20)18-17-13(2)14-5-4-6-15(11-14)21-3/h4-11,18H,1-3H3/b17-13+. The Bertz CT molecular complexity index is 781. The largest absolute Gasteiger partial charge is 0.497 e. The van der Waals surface area contributed by atoms with Gasteiger partial charge in [-0.15, -0.1) is 0 Å². The number of sulfonamides is 1. The van der Waals surface area contributed by atoms with Gasteiger partial charge in [0.25, 0.3) is 10.0 Å². The van der Waals surface area contributed by atoms with E-state index < -0.39 is 10.0 Å². The molecular weight excluding hydrogens is 300 g/mol. The van der Waals surface area contributed by atoms with Crippen molar-refractivity contribution in [3.05, 3.63) is 59.7 Å². The normalized spacial score (nSPS) is 12.0. The number of aryl methyl sites for hydroxylation is 1. The predicted octanol–water partition coefficient (Wildman–Crippen LogP) is 2.71. The summed E-state index contributed by atoms with van der Waals surface area (Å²) in [7, 11) is -2.09. The molecule has 0 spiro atoms. The zero-order chi connectivity index (χ0) is 16.2. The van der Waals surface area contributed by atoms with Gasteiger partial charge in [0.2, 0.25) is 0 Å². The average molecular weight is 318 g/mol. The van der Waals surface area contributed by atoms with E-state index in [4.69, 9.17) is 4.74 Å². The van der Waals surface area contributed by atoms with E-state index in [0.717, 1.165) is 11.1 Å². The zero-order valence-electron chi connectivity index (χ0n) is 12.7. The van der Waals surface area contributed by atoms with E-state index in [0.29, 0.717) is 11.5 Å². The zero-order valence-corrected chi connectivity index (χ0v) is 13.5. The fraction of sp³-hybridized carbons (Fsp3) is 0.188. The maximum Gasteiger partial charge on any atom is 0.276 e. The van der Waals surface area contributed by atoms with E-state index >= 15 is 0 Å². The highest BCUT2D eigenvalue weighted by molar-refractivity contribution is 7.89. The molecule has 0 unspecified atom stereocenters. The lowest BCUT2D eigenvalue weighted by molar-refractivity contribution is 0.414. The van der Waals surface area contributed by atoms with Gasteiger partial charge in [-0.25, -0.2) is 0 Å². The van der Waals surface area contributed by atoms with E-state index in [9.17, 15) is 8.42 Å². The van der Waals surface area contributed by atoms with Crippen molar-refractivity contribution in [2.24, 2.45) is 5.10 Å². The molecule has 0 aromatic heterocycles. The molecule has 0 saturated heterocycles. The van der Waals surface area contributed by atoms with Crippen molar-refractivity contribution in [3.63, 3.8) is 0 Å². The van der Waals surface area contributed by atoms with Crippen LogP contribution in [-0.2, 0) is 10.0 Å². The quantitative estimate of drug-likeness (QED) is 0.681. The van der Waals surface area contributed by atoms with Crippen LogP contribution in [0.25, 0.3) is 0 Å². The summed E-state index contributed by atoms with van der Waals surface area (Å²) in [6.45, 7) is 3.63. The molecule has 0 heterocycles. The molecule has 0 fully saturated rings. The second-order valence-corrected chi connectivity index (χ2v) is 6.50. The highest BCUT2D eigenvalue weighted by Gasteiger charge is 2.12. The monoisotopic (exact) mass is 318 g/mol. The Morgan fingerprint density at radius 1 is 1.14 bits per heavy atom. The Morgan fingerprint density at radius 3 is 2.45 bits per heavy atom. The second-order valence-electron chi connectivity index (χ2n) is 4.84. The minimum atomic E-state index is -3.66. The van der Waals surface area contributed by atoms with E-state index in [2.05, 4.69) is 9.93 Å². The molecule has 2 rings (SSSR count). The number of nitrogens with zero attached hydrogens (tertiary/aromatic N) is 1. The molecule has 0 saturated carbocycles. The highest BCUT2D eigenvalue weighted by Crippen LogP contribution is 2.14. The maximum absolute atomic E-state index is 12.2. The van der Waals surface area contributed by atoms with Crippen LogP contribution in [0.1, 0.15) is 18.1 Å². The summed E-state index contributed by atoms with van der Waals surface area (Å²) in [6.07, 6.45) is 0. The van der Waals surface area contributed by atoms with E-state index in [1.165, 1.54) is 0 Å². The van der Waals surface area contributed by atoms with Crippen LogP contribution in [0.3, 0.4) is 0 Å². The first-order valence-electron chi connectivity index (χ1n) is 6.69. The Labute approximate surface area is 130 Å². The van der Waals surface area contributed by atoms with Crippen LogP contribution >= 0.6 is 0 Å². The number of ether oxygens (including phenoxy) is 1. The van der Waals surface area contributed by atoms with Crippen molar-refractivity contribution in [2.45, 2.75) is 18.7 Å². The third-order valence-electron chi connectivity index (χ3n) is 3.15. The van der Waals surface area contributed by atoms with Gasteiger partial charge in [0, 0.05) is 5.56 Å². The molecule has 0 amide bonds. The molecular formula is C16H18N2O3S. The van der Waals surface area contributed by atoms with Crippen molar-refractivity contribution >= 4 is 15.7 Å². The summed E-state index contributed by atoms with van der Waals surface area (Å²) >= 11 is 0. The van der Waals surface area contributed by atoms with Crippen LogP contribution in [0.2, 0.25) is 0 Å². The van der Waals surface area contributed by atoms with Crippen molar-refractivity contribution < 1.29 is 13.2 Å². The van der Waals surface area contributed by atoms with E-state index in [1.54, 1.807) is 44.4 Å². The van der Waals surface area contributed by atoms with Crippen LogP contribution < -0.4 is 9.57 Å². The fourth-order valence-electron chi connectivity index (χ4n) is 1.81. The highest BCUT2D eigenvalue weighted by atomic mass is 32.2. The van der Waals surface area contributed by atoms with Gasteiger partial charge in [-0.05, 0) is 38.1 Å². The smallest absolute Gasteiger partial charge is 0.276 e.